The Hall–Kier alpha value is -2.36. The van der Waals surface area contributed by atoms with Crippen molar-refractivity contribution in [3.8, 4) is 22.3 Å². The summed E-state index contributed by atoms with van der Waals surface area (Å²) in [5, 5.41) is 9.68. The number of thiophene rings is 1. The van der Waals surface area contributed by atoms with E-state index in [2.05, 4.69) is 11.8 Å². The molecule has 0 spiro atoms. The van der Waals surface area contributed by atoms with Crippen molar-refractivity contribution in [3.05, 3.63) is 47.1 Å². The van der Waals surface area contributed by atoms with Crippen molar-refractivity contribution in [1.29, 1.82) is 0 Å². The molecule has 0 fully saturated rings. The maximum Gasteiger partial charge on any atom is 0.339 e. The zero-order chi connectivity index (χ0) is 15.4. The minimum Gasteiger partial charge on any atom is -0.350 e. The SMILES string of the molecule is CC(C#Cc1ccc(-c2ccc(F)cc2)s1)N(O)C(N)=O. The van der Waals surface area contributed by atoms with Gasteiger partial charge in [-0.25, -0.2) is 9.18 Å². The summed E-state index contributed by atoms with van der Waals surface area (Å²) in [6, 6.07) is 8.27. The van der Waals surface area contributed by atoms with E-state index in [1.54, 1.807) is 19.1 Å². The third-order valence-electron chi connectivity index (χ3n) is 2.73. The summed E-state index contributed by atoms with van der Waals surface area (Å²) in [5.74, 6) is 5.32. The van der Waals surface area contributed by atoms with Crippen molar-refractivity contribution in [1.82, 2.24) is 5.06 Å². The number of amides is 2. The second-order valence-corrected chi connectivity index (χ2v) is 5.38. The van der Waals surface area contributed by atoms with Crippen LogP contribution in [0.15, 0.2) is 36.4 Å². The maximum atomic E-state index is 12.9. The standard InChI is InChI=1S/C15H13FN2O2S/c1-10(18(20)15(17)19)2-7-13-8-9-14(21-13)11-3-5-12(16)6-4-11/h3-6,8-10,20H,1H3,(H2,17,19). The third-order valence-corrected chi connectivity index (χ3v) is 3.78. The minimum absolute atomic E-state index is 0.279. The van der Waals surface area contributed by atoms with Crippen LogP contribution in [0.5, 0.6) is 0 Å². The highest BCUT2D eigenvalue weighted by atomic mass is 32.1. The number of carbonyl (C=O) groups excluding carboxylic acids is 1. The summed E-state index contributed by atoms with van der Waals surface area (Å²) in [6.45, 7) is 1.56. The molecule has 0 saturated carbocycles. The first-order valence-electron chi connectivity index (χ1n) is 6.12. The van der Waals surface area contributed by atoms with Crippen LogP contribution in [0.25, 0.3) is 10.4 Å². The van der Waals surface area contributed by atoms with Crippen LogP contribution in [0.4, 0.5) is 9.18 Å². The topological polar surface area (TPSA) is 66.6 Å². The molecule has 3 N–H and O–H groups in total. The molecular weight excluding hydrogens is 291 g/mol. The molecule has 0 aliphatic rings. The molecular formula is C15H13FN2O2S. The number of benzene rings is 1. The molecule has 0 bridgehead atoms. The van der Waals surface area contributed by atoms with E-state index in [-0.39, 0.29) is 5.82 Å². The van der Waals surface area contributed by atoms with Crippen molar-refractivity contribution in [3.63, 3.8) is 0 Å². The first kappa shape index (κ1) is 15.0. The Morgan fingerprint density at radius 1 is 1.33 bits per heavy atom. The number of nitrogens with two attached hydrogens (primary N) is 1. The molecule has 108 valence electrons. The number of primary amides is 1. The fraction of sp³-hybridized carbons (Fsp3) is 0.133. The van der Waals surface area contributed by atoms with Crippen molar-refractivity contribution in [2.75, 3.05) is 0 Å². The summed E-state index contributed by atoms with van der Waals surface area (Å²) >= 11 is 1.44. The lowest BCUT2D eigenvalue weighted by atomic mass is 10.2. The molecule has 2 rings (SSSR count). The number of hydroxylamine groups is 2. The number of nitrogens with zero attached hydrogens (tertiary/aromatic N) is 1. The number of hydrogen-bond acceptors (Lipinski definition) is 3. The van der Waals surface area contributed by atoms with Crippen LogP contribution in [0, 0.1) is 17.7 Å². The van der Waals surface area contributed by atoms with E-state index in [1.807, 2.05) is 12.1 Å². The van der Waals surface area contributed by atoms with Gasteiger partial charge in [-0.1, -0.05) is 24.0 Å². The van der Waals surface area contributed by atoms with Crippen LogP contribution in [0.2, 0.25) is 0 Å². The van der Waals surface area contributed by atoms with Gasteiger partial charge in [0.1, 0.15) is 11.9 Å². The van der Waals surface area contributed by atoms with Crippen LogP contribution < -0.4 is 5.73 Å². The highest BCUT2D eigenvalue weighted by Gasteiger charge is 2.11. The van der Waals surface area contributed by atoms with Gasteiger partial charge in [-0.15, -0.1) is 11.3 Å². The molecule has 0 saturated heterocycles. The van der Waals surface area contributed by atoms with E-state index in [0.29, 0.717) is 5.06 Å². The van der Waals surface area contributed by atoms with Gasteiger partial charge in [0.25, 0.3) is 0 Å². The van der Waals surface area contributed by atoms with Crippen LogP contribution in [-0.2, 0) is 0 Å². The molecule has 2 aromatic rings. The summed E-state index contributed by atoms with van der Waals surface area (Å²) in [7, 11) is 0. The average molecular weight is 304 g/mol. The van der Waals surface area contributed by atoms with E-state index < -0.39 is 12.1 Å². The van der Waals surface area contributed by atoms with Gasteiger partial charge < -0.3 is 5.73 Å². The van der Waals surface area contributed by atoms with E-state index in [4.69, 9.17) is 5.73 Å². The molecule has 1 unspecified atom stereocenters. The van der Waals surface area contributed by atoms with Gasteiger partial charge in [0.05, 0.1) is 4.88 Å². The first-order chi connectivity index (χ1) is 9.97. The molecule has 0 aliphatic heterocycles. The number of halogens is 1. The van der Waals surface area contributed by atoms with Gasteiger partial charge in [-0.3, -0.25) is 5.21 Å². The van der Waals surface area contributed by atoms with Gasteiger partial charge >= 0.3 is 6.03 Å². The molecule has 4 nitrogen and oxygen atoms in total. The fourth-order valence-corrected chi connectivity index (χ4v) is 2.47. The van der Waals surface area contributed by atoms with Crippen LogP contribution >= 0.6 is 11.3 Å². The monoisotopic (exact) mass is 304 g/mol. The van der Waals surface area contributed by atoms with Crippen LogP contribution in [0.3, 0.4) is 0 Å². The van der Waals surface area contributed by atoms with E-state index in [0.717, 1.165) is 15.3 Å². The molecule has 1 heterocycles. The van der Waals surface area contributed by atoms with Crippen molar-refractivity contribution >= 4 is 17.4 Å². The van der Waals surface area contributed by atoms with Crippen molar-refractivity contribution < 1.29 is 14.4 Å². The zero-order valence-electron chi connectivity index (χ0n) is 11.2. The van der Waals surface area contributed by atoms with Gasteiger partial charge in [0.15, 0.2) is 0 Å². The predicted octanol–water partition coefficient (Wildman–Crippen LogP) is 3.06. The molecule has 6 heteroatoms. The minimum atomic E-state index is -0.949. The smallest absolute Gasteiger partial charge is 0.339 e. The predicted molar refractivity (Wildman–Crippen MR) is 79.3 cm³/mol. The van der Waals surface area contributed by atoms with E-state index in [9.17, 15) is 14.4 Å². The first-order valence-corrected chi connectivity index (χ1v) is 6.94. The Kier molecular flexibility index (Phi) is 4.58. The Bertz CT molecular complexity index is 700. The lowest BCUT2D eigenvalue weighted by Gasteiger charge is -2.14. The average Bonchev–Trinajstić information content (AvgIpc) is 2.93. The highest BCUT2D eigenvalue weighted by molar-refractivity contribution is 7.16. The fourth-order valence-electron chi connectivity index (χ4n) is 1.60. The largest absolute Gasteiger partial charge is 0.350 e. The maximum absolute atomic E-state index is 12.9. The summed E-state index contributed by atoms with van der Waals surface area (Å²) < 4.78 is 12.9. The number of hydrogen-bond donors (Lipinski definition) is 2. The van der Waals surface area contributed by atoms with Gasteiger partial charge in [0.2, 0.25) is 0 Å². The van der Waals surface area contributed by atoms with E-state index in [1.165, 1.54) is 23.5 Å². The van der Waals surface area contributed by atoms with Gasteiger partial charge in [0, 0.05) is 4.88 Å². The molecule has 2 amide bonds. The molecule has 1 atom stereocenters. The van der Waals surface area contributed by atoms with Crippen molar-refractivity contribution in [2.24, 2.45) is 5.73 Å². The molecule has 21 heavy (non-hydrogen) atoms. The number of carbonyl (C=O) groups is 1. The number of rotatable bonds is 2. The van der Waals surface area contributed by atoms with Crippen LogP contribution in [0.1, 0.15) is 11.8 Å². The normalized spacial score (nSPS) is 11.4. The van der Waals surface area contributed by atoms with Crippen LogP contribution in [-0.4, -0.2) is 22.3 Å². The second-order valence-electron chi connectivity index (χ2n) is 4.30. The summed E-state index contributed by atoms with van der Waals surface area (Å²) in [4.78, 5) is 12.5. The Morgan fingerprint density at radius 2 is 2.00 bits per heavy atom. The quantitative estimate of drug-likeness (QED) is 0.509. The Labute approximate surface area is 125 Å². The lowest BCUT2D eigenvalue weighted by Crippen LogP contribution is -2.38. The Morgan fingerprint density at radius 3 is 2.62 bits per heavy atom. The second kappa shape index (κ2) is 6.39. The lowest BCUT2D eigenvalue weighted by molar-refractivity contribution is -0.0536. The highest BCUT2D eigenvalue weighted by Crippen LogP contribution is 2.27. The Balaban J connectivity index is 2.14. The third kappa shape index (κ3) is 3.81. The molecule has 0 radical (unpaired) electrons. The van der Waals surface area contributed by atoms with Crippen molar-refractivity contribution in [2.45, 2.75) is 13.0 Å². The molecule has 0 aliphatic carbocycles. The number of urea groups is 1. The molecule has 1 aromatic heterocycles. The van der Waals surface area contributed by atoms with Gasteiger partial charge in [-0.05, 0) is 36.8 Å². The van der Waals surface area contributed by atoms with Gasteiger partial charge in [-0.2, -0.15) is 5.06 Å². The summed E-state index contributed by atoms with van der Waals surface area (Å²) in [5.41, 5.74) is 5.85. The zero-order valence-corrected chi connectivity index (χ0v) is 12.0. The summed E-state index contributed by atoms with van der Waals surface area (Å²) in [6.07, 6.45) is 0. The van der Waals surface area contributed by atoms with E-state index >= 15 is 0 Å². The molecule has 1 aromatic carbocycles.